The van der Waals surface area contributed by atoms with Crippen LogP contribution in [-0.2, 0) is 14.6 Å². The van der Waals surface area contributed by atoms with Crippen LogP contribution in [0.1, 0.15) is 79.1 Å². The number of hydrogen-bond acceptors (Lipinski definition) is 10. The van der Waals surface area contributed by atoms with Gasteiger partial charge in [-0.15, -0.1) is 0 Å². The fourth-order valence-corrected chi connectivity index (χ4v) is 10.3. The van der Waals surface area contributed by atoms with Crippen LogP contribution in [0.4, 0.5) is 0 Å². The van der Waals surface area contributed by atoms with E-state index in [1.54, 1.807) is 0 Å². The average Bonchev–Trinajstić information content (AvgIpc) is 3.03. The van der Waals surface area contributed by atoms with Crippen molar-refractivity contribution in [2.24, 2.45) is 46.3 Å². The van der Waals surface area contributed by atoms with Gasteiger partial charge in [0, 0.05) is 12.5 Å². The van der Waals surface area contributed by atoms with Gasteiger partial charge in [-0.3, -0.25) is 4.18 Å². The van der Waals surface area contributed by atoms with Gasteiger partial charge in [0.1, 0.15) is 11.7 Å². The van der Waals surface area contributed by atoms with Gasteiger partial charge in [-0.1, -0.05) is 40.5 Å². The third-order valence-electron chi connectivity index (χ3n) is 11.5. The van der Waals surface area contributed by atoms with Crippen LogP contribution in [0.3, 0.4) is 0 Å². The van der Waals surface area contributed by atoms with Gasteiger partial charge in [0.2, 0.25) is 10.4 Å². The minimum absolute atomic E-state index is 0. The zero-order valence-electron chi connectivity index (χ0n) is 23.9. The van der Waals surface area contributed by atoms with Gasteiger partial charge in [0.05, 0.1) is 24.4 Å². The second kappa shape index (κ2) is 12.0. The summed E-state index contributed by atoms with van der Waals surface area (Å²) in [5.74, 6) is -2.11. The van der Waals surface area contributed by atoms with Crippen LogP contribution >= 0.6 is 0 Å². The molecular formula is C27H47NaO10S. The first-order chi connectivity index (χ1) is 17.5. The van der Waals surface area contributed by atoms with E-state index in [-0.39, 0.29) is 66.8 Å². The molecule has 6 N–H and O–H groups in total. The molecule has 10 nitrogen and oxygen atoms in total. The number of hydrogen-bond donors (Lipinski definition) is 6. The molecule has 4 aliphatic rings. The van der Waals surface area contributed by atoms with Gasteiger partial charge in [-0.25, -0.2) is 8.42 Å². The summed E-state index contributed by atoms with van der Waals surface area (Å²) in [6.07, 6.45) is -2.04. The van der Waals surface area contributed by atoms with Gasteiger partial charge in [-0.05, 0) is 78.9 Å². The first-order valence-electron chi connectivity index (χ1n) is 14.2. The Morgan fingerprint density at radius 3 is 2.18 bits per heavy atom. The molecule has 0 bridgehead atoms. The molecular weight excluding hydrogens is 539 g/mol. The Hall–Kier alpha value is 0.630. The Morgan fingerprint density at radius 1 is 0.974 bits per heavy atom. The van der Waals surface area contributed by atoms with Crippen LogP contribution in [0.15, 0.2) is 0 Å². The molecule has 4 aliphatic carbocycles. The predicted octanol–water partition coefficient (Wildman–Crippen LogP) is -2.07. The predicted molar refractivity (Wildman–Crippen MR) is 136 cm³/mol. The van der Waals surface area contributed by atoms with Crippen molar-refractivity contribution in [2.75, 3.05) is 6.61 Å². The Labute approximate surface area is 254 Å². The first kappa shape index (κ1) is 34.1. The molecule has 12 heteroatoms. The maximum absolute atomic E-state index is 12.4. The molecule has 39 heavy (non-hydrogen) atoms. The van der Waals surface area contributed by atoms with E-state index in [9.17, 15) is 43.6 Å². The number of rotatable bonds is 8. The second-order valence-corrected chi connectivity index (χ2v) is 14.6. The second-order valence-electron chi connectivity index (χ2n) is 13.6. The first-order valence-corrected chi connectivity index (χ1v) is 15.5. The van der Waals surface area contributed by atoms with Crippen LogP contribution in [0, 0.1) is 46.3 Å². The molecule has 0 aliphatic heterocycles. The fourth-order valence-electron chi connectivity index (χ4n) is 9.76. The summed E-state index contributed by atoms with van der Waals surface area (Å²) < 4.78 is 38.3. The molecule has 0 heterocycles. The van der Waals surface area contributed by atoms with Crippen LogP contribution in [0.2, 0.25) is 0 Å². The minimum atomic E-state index is -4.93. The number of aliphatic hydroxyl groups is 6. The number of aliphatic hydroxyl groups excluding tert-OH is 5. The van der Waals surface area contributed by atoms with Gasteiger partial charge >= 0.3 is 29.6 Å². The van der Waals surface area contributed by atoms with Crippen molar-refractivity contribution in [3.8, 4) is 0 Å². The smallest absolute Gasteiger partial charge is 0.726 e. The third kappa shape index (κ3) is 5.67. The molecule has 14 atom stereocenters. The van der Waals surface area contributed by atoms with Crippen molar-refractivity contribution >= 4 is 10.4 Å². The van der Waals surface area contributed by atoms with Crippen molar-refractivity contribution < 1.29 is 77.4 Å². The topological polar surface area (TPSA) is 188 Å². The quantitative estimate of drug-likeness (QED) is 0.105. The summed E-state index contributed by atoms with van der Waals surface area (Å²) in [6.45, 7) is 8.04. The van der Waals surface area contributed by atoms with Crippen LogP contribution < -0.4 is 29.6 Å². The third-order valence-corrected chi connectivity index (χ3v) is 12.0. The summed E-state index contributed by atoms with van der Waals surface area (Å²) in [7, 11) is -4.93. The molecule has 1 unspecified atom stereocenters. The summed E-state index contributed by atoms with van der Waals surface area (Å²) in [6, 6.07) is 0. The van der Waals surface area contributed by atoms with Gasteiger partial charge in [-0.2, -0.15) is 0 Å². The average molecular weight is 587 g/mol. The SMILES string of the molecule is CC(CO)CCC[C@@H](C)[C@H]1[C@@H](O)[C@H](O)[C@@H]2[C@]1(C)CC[C@@H]1[C@@]3(C)CC[C@H](OS(=O)(=O)[O-])C[C@@H]3[C@@H](O)[C@@H](O)[C@]12O.[Na+]. The van der Waals surface area contributed by atoms with Crippen molar-refractivity contribution in [1.82, 2.24) is 0 Å². The van der Waals surface area contributed by atoms with Crippen molar-refractivity contribution in [1.29, 1.82) is 0 Å². The molecule has 0 spiro atoms. The van der Waals surface area contributed by atoms with Crippen molar-refractivity contribution in [3.05, 3.63) is 0 Å². The molecule has 4 fully saturated rings. The van der Waals surface area contributed by atoms with E-state index in [1.807, 2.05) is 27.7 Å². The van der Waals surface area contributed by atoms with Crippen molar-refractivity contribution in [2.45, 2.75) is 115 Å². The zero-order valence-corrected chi connectivity index (χ0v) is 26.8. The maximum Gasteiger partial charge on any atom is 1.00 e. The zero-order chi connectivity index (χ0) is 28.4. The Balaban J connectivity index is 0.00000420. The summed E-state index contributed by atoms with van der Waals surface area (Å²) in [4.78, 5) is 0. The molecule has 0 saturated heterocycles. The van der Waals surface area contributed by atoms with Crippen LogP contribution in [0.5, 0.6) is 0 Å². The van der Waals surface area contributed by atoms with Crippen molar-refractivity contribution in [3.63, 3.8) is 0 Å². The van der Waals surface area contributed by atoms with Gasteiger partial charge in [0.25, 0.3) is 0 Å². The number of fused-ring (bicyclic) bond motifs is 5. The molecule has 4 rings (SSSR count). The summed E-state index contributed by atoms with van der Waals surface area (Å²) >= 11 is 0. The molecule has 0 aromatic rings. The molecule has 4 saturated carbocycles. The van der Waals surface area contributed by atoms with E-state index >= 15 is 0 Å². The molecule has 222 valence electrons. The summed E-state index contributed by atoms with van der Waals surface area (Å²) in [5.41, 5.74) is -3.25. The van der Waals surface area contributed by atoms with E-state index in [0.29, 0.717) is 19.3 Å². The van der Waals surface area contributed by atoms with E-state index in [0.717, 1.165) is 19.3 Å². The molecule has 0 aromatic heterocycles. The maximum atomic E-state index is 12.4. The van der Waals surface area contributed by atoms with Gasteiger partial charge < -0.3 is 35.2 Å². The summed E-state index contributed by atoms with van der Waals surface area (Å²) in [5, 5.41) is 67.3. The molecule has 0 aromatic carbocycles. The standard InChI is InChI=1S/C27H48O10S.Na/c1-14(13-28)6-5-7-15(2)19-21(30)22(31)23-26(19,4)11-9-18-25(3)10-8-16(37-38(34,35)36)12-17(25)20(29)24(32)27(18,23)33;/h14-24,28-33H,5-13H2,1-4H3,(H,34,35,36);/q;+1/p-1/t14?,15-,16+,17-,18-,19+,20-,21-,22+,23-,24-,25+,26-,27+;/m1./s1. The Kier molecular flexibility index (Phi) is 10.5. The largest absolute Gasteiger partial charge is 1.00 e. The monoisotopic (exact) mass is 586 g/mol. The van der Waals surface area contributed by atoms with Gasteiger partial charge in [0.15, 0.2) is 0 Å². The van der Waals surface area contributed by atoms with E-state index < -0.39 is 75.1 Å². The van der Waals surface area contributed by atoms with E-state index in [1.165, 1.54) is 0 Å². The van der Waals surface area contributed by atoms with E-state index in [4.69, 9.17) is 4.18 Å². The minimum Gasteiger partial charge on any atom is -0.726 e. The molecule has 0 amide bonds. The van der Waals surface area contributed by atoms with E-state index in [2.05, 4.69) is 0 Å². The Bertz CT molecular complexity index is 968. The molecule has 0 radical (unpaired) electrons. The van der Waals surface area contributed by atoms with Crippen LogP contribution in [0.25, 0.3) is 0 Å². The normalized spacial score (nSPS) is 49.3. The Morgan fingerprint density at radius 2 is 1.59 bits per heavy atom. The van der Waals surface area contributed by atoms with Crippen LogP contribution in [-0.4, -0.2) is 86.3 Å². The fraction of sp³-hybridized carbons (Fsp3) is 1.00.